The first-order valence-electron chi connectivity index (χ1n) is 8.37. The molecule has 0 N–H and O–H groups in total. The van der Waals surface area contributed by atoms with Gasteiger partial charge in [0.25, 0.3) is 5.91 Å². The number of amides is 1. The van der Waals surface area contributed by atoms with Crippen molar-refractivity contribution < 1.29 is 9.53 Å². The zero-order valence-corrected chi connectivity index (χ0v) is 13.1. The van der Waals surface area contributed by atoms with Crippen LogP contribution in [-0.4, -0.2) is 69.9 Å². The fourth-order valence-corrected chi connectivity index (χ4v) is 4.44. The molecule has 6 heteroatoms. The third-order valence-corrected chi connectivity index (χ3v) is 5.49. The Balaban J connectivity index is 1.47. The zero-order valence-electron chi connectivity index (χ0n) is 13.1. The van der Waals surface area contributed by atoms with Crippen molar-refractivity contribution in [3.05, 3.63) is 18.0 Å². The van der Waals surface area contributed by atoms with Crippen LogP contribution < -0.4 is 0 Å². The first kappa shape index (κ1) is 14.2. The van der Waals surface area contributed by atoms with Gasteiger partial charge in [-0.25, -0.2) is 0 Å². The second-order valence-corrected chi connectivity index (χ2v) is 6.69. The van der Waals surface area contributed by atoms with Crippen molar-refractivity contribution in [3.63, 3.8) is 0 Å². The summed E-state index contributed by atoms with van der Waals surface area (Å²) in [5.41, 5.74) is 0.715. The summed E-state index contributed by atoms with van der Waals surface area (Å²) < 4.78 is 7.19. The lowest BCUT2D eigenvalue weighted by Crippen LogP contribution is -2.45. The van der Waals surface area contributed by atoms with Crippen molar-refractivity contribution in [1.29, 1.82) is 0 Å². The molecule has 3 aliphatic heterocycles. The Morgan fingerprint density at radius 1 is 1.18 bits per heavy atom. The molecule has 0 aliphatic carbocycles. The number of hydrogen-bond acceptors (Lipinski definition) is 4. The number of rotatable bonds is 2. The topological polar surface area (TPSA) is 50.6 Å². The summed E-state index contributed by atoms with van der Waals surface area (Å²) in [6.45, 7) is 3.77. The van der Waals surface area contributed by atoms with Gasteiger partial charge in [0.05, 0.1) is 11.8 Å². The van der Waals surface area contributed by atoms with Crippen LogP contribution in [0.4, 0.5) is 0 Å². The van der Waals surface area contributed by atoms with Crippen LogP contribution in [0.25, 0.3) is 0 Å². The molecule has 0 radical (unpaired) electrons. The van der Waals surface area contributed by atoms with Crippen molar-refractivity contribution in [1.82, 2.24) is 19.6 Å². The largest absolute Gasteiger partial charge is 0.381 e. The van der Waals surface area contributed by atoms with E-state index in [-0.39, 0.29) is 5.91 Å². The number of fused-ring (bicyclic) bond motifs is 1. The van der Waals surface area contributed by atoms with Crippen LogP contribution in [0.2, 0.25) is 0 Å². The summed E-state index contributed by atoms with van der Waals surface area (Å²) in [4.78, 5) is 17.5. The van der Waals surface area contributed by atoms with Gasteiger partial charge in [-0.15, -0.1) is 0 Å². The van der Waals surface area contributed by atoms with Crippen LogP contribution in [0.5, 0.6) is 0 Å². The van der Waals surface area contributed by atoms with Crippen LogP contribution >= 0.6 is 0 Å². The molecular formula is C16H24N4O2. The Labute approximate surface area is 131 Å². The van der Waals surface area contributed by atoms with Gasteiger partial charge >= 0.3 is 0 Å². The Bertz CT molecular complexity index is 552. The third kappa shape index (κ3) is 2.34. The predicted molar refractivity (Wildman–Crippen MR) is 81.6 cm³/mol. The SMILES string of the molecule is Cn1cc(C(=O)N2CC[C@@H]3[C@@H]2CCN3C2CCOCC2)cn1. The molecule has 0 unspecified atom stereocenters. The highest BCUT2D eigenvalue weighted by Crippen LogP contribution is 2.35. The number of aryl methyl sites for hydroxylation is 1. The summed E-state index contributed by atoms with van der Waals surface area (Å²) in [5.74, 6) is 0.148. The van der Waals surface area contributed by atoms with Crippen LogP contribution in [0.1, 0.15) is 36.0 Å². The number of carbonyl (C=O) groups is 1. The molecule has 22 heavy (non-hydrogen) atoms. The lowest BCUT2D eigenvalue weighted by molar-refractivity contribution is 0.0286. The summed E-state index contributed by atoms with van der Waals surface area (Å²) in [6, 6.07) is 1.58. The maximum Gasteiger partial charge on any atom is 0.257 e. The van der Waals surface area contributed by atoms with Crippen LogP contribution in [0.15, 0.2) is 12.4 Å². The molecule has 4 heterocycles. The molecule has 0 bridgehead atoms. The molecule has 2 atom stereocenters. The van der Waals surface area contributed by atoms with Gasteiger partial charge in [0.15, 0.2) is 0 Å². The summed E-state index contributed by atoms with van der Waals surface area (Å²) in [6.07, 6.45) is 7.99. The second kappa shape index (κ2) is 5.66. The Hall–Kier alpha value is -1.40. The Kier molecular flexibility index (Phi) is 3.66. The molecule has 1 amide bonds. The van der Waals surface area contributed by atoms with E-state index in [0.29, 0.717) is 23.7 Å². The van der Waals surface area contributed by atoms with E-state index in [1.807, 2.05) is 13.2 Å². The van der Waals surface area contributed by atoms with Crippen molar-refractivity contribution in [3.8, 4) is 0 Å². The average molecular weight is 304 g/mol. The summed E-state index contributed by atoms with van der Waals surface area (Å²) in [5, 5.41) is 4.13. The molecule has 120 valence electrons. The van der Waals surface area contributed by atoms with Gasteiger partial charge in [0.1, 0.15) is 0 Å². The molecule has 3 saturated heterocycles. The van der Waals surface area contributed by atoms with E-state index in [1.165, 1.54) is 0 Å². The summed E-state index contributed by atoms with van der Waals surface area (Å²) >= 11 is 0. The quantitative estimate of drug-likeness (QED) is 0.814. The molecule has 3 aliphatic rings. The van der Waals surface area contributed by atoms with Crippen LogP contribution in [0, 0.1) is 0 Å². The smallest absolute Gasteiger partial charge is 0.257 e. The lowest BCUT2D eigenvalue weighted by atomic mass is 10.0. The Morgan fingerprint density at radius 3 is 2.68 bits per heavy atom. The minimum Gasteiger partial charge on any atom is -0.381 e. The highest BCUT2D eigenvalue weighted by atomic mass is 16.5. The summed E-state index contributed by atoms with van der Waals surface area (Å²) in [7, 11) is 1.85. The molecule has 1 aromatic rings. The van der Waals surface area contributed by atoms with E-state index in [2.05, 4.69) is 14.9 Å². The maximum atomic E-state index is 12.7. The van der Waals surface area contributed by atoms with E-state index >= 15 is 0 Å². The number of carbonyl (C=O) groups excluding carboxylic acids is 1. The van der Waals surface area contributed by atoms with Crippen LogP contribution in [0.3, 0.4) is 0 Å². The van der Waals surface area contributed by atoms with Crippen molar-refractivity contribution in [2.24, 2.45) is 7.05 Å². The van der Waals surface area contributed by atoms with E-state index in [9.17, 15) is 4.79 Å². The average Bonchev–Trinajstić information content (AvgIpc) is 3.23. The Morgan fingerprint density at radius 2 is 1.95 bits per heavy atom. The third-order valence-electron chi connectivity index (χ3n) is 5.49. The predicted octanol–water partition coefficient (Wildman–Crippen LogP) is 0.888. The minimum absolute atomic E-state index is 0.148. The second-order valence-electron chi connectivity index (χ2n) is 6.69. The molecular weight excluding hydrogens is 280 g/mol. The standard InChI is InChI=1S/C16H24N4O2/c1-18-11-12(10-17-18)16(21)20-7-3-14-15(20)2-6-19(14)13-4-8-22-9-5-13/h10-11,13-15H,2-9H2,1H3/t14-,15+/m1/s1. The van der Waals surface area contributed by atoms with Gasteiger partial charge in [0.2, 0.25) is 0 Å². The normalized spacial score (nSPS) is 30.0. The molecule has 0 saturated carbocycles. The highest BCUT2D eigenvalue weighted by Gasteiger charge is 2.46. The first-order valence-corrected chi connectivity index (χ1v) is 8.37. The van der Waals surface area contributed by atoms with Gasteiger partial charge in [-0.2, -0.15) is 5.10 Å². The van der Waals surface area contributed by atoms with Gasteiger partial charge in [-0.1, -0.05) is 0 Å². The lowest BCUT2D eigenvalue weighted by Gasteiger charge is -2.35. The monoisotopic (exact) mass is 304 g/mol. The van der Waals surface area contributed by atoms with Crippen molar-refractivity contribution in [2.45, 2.75) is 43.8 Å². The van der Waals surface area contributed by atoms with E-state index in [0.717, 1.165) is 52.0 Å². The van der Waals surface area contributed by atoms with E-state index < -0.39 is 0 Å². The highest BCUT2D eigenvalue weighted by molar-refractivity contribution is 5.94. The number of likely N-dealkylation sites (tertiary alicyclic amines) is 2. The van der Waals surface area contributed by atoms with E-state index in [1.54, 1.807) is 10.9 Å². The maximum absolute atomic E-state index is 12.7. The molecule has 0 spiro atoms. The molecule has 6 nitrogen and oxygen atoms in total. The first-order chi connectivity index (χ1) is 10.7. The minimum atomic E-state index is 0.148. The number of hydrogen-bond donors (Lipinski definition) is 0. The van der Waals surface area contributed by atoms with Gasteiger partial charge in [0, 0.05) is 57.7 Å². The van der Waals surface area contributed by atoms with Crippen LogP contribution in [-0.2, 0) is 11.8 Å². The van der Waals surface area contributed by atoms with E-state index in [4.69, 9.17) is 4.74 Å². The number of aromatic nitrogens is 2. The molecule has 0 aromatic carbocycles. The molecule has 3 fully saturated rings. The fraction of sp³-hybridized carbons (Fsp3) is 0.750. The zero-order chi connectivity index (χ0) is 15.1. The van der Waals surface area contributed by atoms with Gasteiger partial charge < -0.3 is 9.64 Å². The van der Waals surface area contributed by atoms with Crippen molar-refractivity contribution >= 4 is 5.91 Å². The van der Waals surface area contributed by atoms with Crippen molar-refractivity contribution in [2.75, 3.05) is 26.3 Å². The number of nitrogens with zero attached hydrogens (tertiary/aromatic N) is 4. The van der Waals surface area contributed by atoms with Gasteiger partial charge in [-0.3, -0.25) is 14.4 Å². The molecule has 4 rings (SSSR count). The fourth-order valence-electron chi connectivity index (χ4n) is 4.44. The molecule has 1 aromatic heterocycles. The van der Waals surface area contributed by atoms with Gasteiger partial charge in [-0.05, 0) is 25.7 Å². The number of ether oxygens (including phenoxy) is 1.